The van der Waals surface area contributed by atoms with Crippen molar-refractivity contribution in [2.75, 3.05) is 13.2 Å². The van der Waals surface area contributed by atoms with Gasteiger partial charge in [-0.2, -0.15) is 13.2 Å². The molecule has 8 heteroatoms. The quantitative estimate of drug-likeness (QED) is 0.750. The first-order valence-electron chi connectivity index (χ1n) is 9.71. The summed E-state index contributed by atoms with van der Waals surface area (Å²) in [4.78, 5) is 26.4. The molecule has 1 heterocycles. The Bertz CT molecular complexity index is 913. The number of carbonyl (C=O) groups excluding carboxylic acids is 2. The lowest BCUT2D eigenvalue weighted by atomic mass is 9.88. The van der Waals surface area contributed by atoms with Gasteiger partial charge < -0.3 is 15.0 Å². The number of alkyl halides is 3. The first-order chi connectivity index (χ1) is 14.2. The van der Waals surface area contributed by atoms with Crippen LogP contribution in [0.5, 0.6) is 0 Å². The molecule has 1 aliphatic heterocycles. The number of halogens is 3. The molecule has 1 unspecified atom stereocenters. The number of amides is 2. The highest BCUT2D eigenvalue weighted by molar-refractivity contribution is 5.84. The number of fused-ring (bicyclic) bond motifs is 1. The molecular formula is C22H23F3N2O3. The molecule has 30 heavy (non-hydrogen) atoms. The van der Waals surface area contributed by atoms with Crippen LogP contribution in [0.1, 0.15) is 42.1 Å². The third-order valence-corrected chi connectivity index (χ3v) is 5.08. The van der Waals surface area contributed by atoms with Crippen LogP contribution in [0.15, 0.2) is 48.5 Å². The number of ether oxygens (including phenoxy) is 1. The first kappa shape index (κ1) is 21.7. The molecule has 2 atom stereocenters. The van der Waals surface area contributed by atoms with Gasteiger partial charge in [0.25, 0.3) is 0 Å². The van der Waals surface area contributed by atoms with Crippen LogP contribution < -0.4 is 5.32 Å². The minimum Gasteiger partial charge on any atom is -0.464 e. The van der Waals surface area contributed by atoms with Crippen LogP contribution in [0.3, 0.4) is 0 Å². The molecule has 0 fully saturated rings. The van der Waals surface area contributed by atoms with Crippen LogP contribution in [0, 0.1) is 0 Å². The Morgan fingerprint density at radius 2 is 1.83 bits per heavy atom. The molecule has 0 aromatic heterocycles. The zero-order valence-electron chi connectivity index (χ0n) is 16.7. The Morgan fingerprint density at radius 3 is 2.47 bits per heavy atom. The predicted octanol–water partition coefficient (Wildman–Crippen LogP) is 4.31. The van der Waals surface area contributed by atoms with Crippen molar-refractivity contribution in [1.82, 2.24) is 10.2 Å². The Balaban J connectivity index is 1.92. The summed E-state index contributed by atoms with van der Waals surface area (Å²) in [5.41, 5.74) is 1.70. The van der Waals surface area contributed by atoms with Gasteiger partial charge in [0, 0.05) is 6.54 Å². The summed E-state index contributed by atoms with van der Waals surface area (Å²) in [6, 6.07) is 10.5. The summed E-state index contributed by atoms with van der Waals surface area (Å²) < 4.78 is 43.8. The Kier molecular flexibility index (Phi) is 6.34. The molecule has 2 aromatic rings. The van der Waals surface area contributed by atoms with E-state index in [0.29, 0.717) is 18.5 Å². The SMILES string of the molecule is CCOC(=O)[C@@H](C)NC(=O)N1CCc2ccccc2C1c1ccc(C(F)(F)F)cc1. The first-order valence-corrected chi connectivity index (χ1v) is 9.71. The van der Waals surface area contributed by atoms with E-state index in [-0.39, 0.29) is 6.61 Å². The van der Waals surface area contributed by atoms with Gasteiger partial charge in [0.2, 0.25) is 0 Å². The van der Waals surface area contributed by atoms with Crippen LogP contribution in [0.2, 0.25) is 0 Å². The molecule has 2 aromatic carbocycles. The zero-order chi connectivity index (χ0) is 21.9. The van der Waals surface area contributed by atoms with Gasteiger partial charge in [-0.3, -0.25) is 0 Å². The monoisotopic (exact) mass is 420 g/mol. The number of esters is 1. The highest BCUT2D eigenvalue weighted by Crippen LogP contribution is 2.37. The number of nitrogens with zero attached hydrogens (tertiary/aromatic N) is 1. The molecule has 0 saturated carbocycles. The molecule has 1 aliphatic rings. The van der Waals surface area contributed by atoms with Gasteiger partial charge >= 0.3 is 18.2 Å². The van der Waals surface area contributed by atoms with E-state index in [1.807, 2.05) is 24.3 Å². The summed E-state index contributed by atoms with van der Waals surface area (Å²) >= 11 is 0. The van der Waals surface area contributed by atoms with E-state index in [4.69, 9.17) is 4.74 Å². The van der Waals surface area contributed by atoms with Crippen molar-refractivity contribution in [2.24, 2.45) is 0 Å². The van der Waals surface area contributed by atoms with Crippen LogP contribution in [-0.2, 0) is 22.1 Å². The molecular weight excluding hydrogens is 397 g/mol. The van der Waals surface area contributed by atoms with Crippen molar-refractivity contribution in [3.8, 4) is 0 Å². The summed E-state index contributed by atoms with van der Waals surface area (Å²) in [7, 11) is 0. The minimum absolute atomic E-state index is 0.199. The number of nitrogens with one attached hydrogen (secondary N) is 1. The summed E-state index contributed by atoms with van der Waals surface area (Å²) in [6.07, 6.45) is -3.83. The van der Waals surface area contributed by atoms with Crippen molar-refractivity contribution in [2.45, 2.75) is 38.5 Å². The average Bonchev–Trinajstić information content (AvgIpc) is 2.72. The molecule has 1 N–H and O–H groups in total. The molecule has 0 bridgehead atoms. The van der Waals surface area contributed by atoms with Crippen molar-refractivity contribution < 1.29 is 27.5 Å². The van der Waals surface area contributed by atoms with Gasteiger partial charge in [-0.05, 0) is 49.1 Å². The highest BCUT2D eigenvalue weighted by Gasteiger charge is 2.35. The van der Waals surface area contributed by atoms with E-state index in [1.165, 1.54) is 19.1 Å². The number of urea groups is 1. The topological polar surface area (TPSA) is 58.6 Å². The fourth-order valence-corrected chi connectivity index (χ4v) is 3.59. The smallest absolute Gasteiger partial charge is 0.416 e. The lowest BCUT2D eigenvalue weighted by Gasteiger charge is -2.38. The maximum absolute atomic E-state index is 13.0. The van der Waals surface area contributed by atoms with Gasteiger partial charge in [0.05, 0.1) is 18.2 Å². The standard InChI is InChI=1S/C22H23F3N2O3/c1-3-30-20(28)14(2)26-21(29)27-13-12-15-6-4-5-7-18(15)19(27)16-8-10-17(11-9-16)22(23,24)25/h4-11,14,19H,3,12-13H2,1-2H3,(H,26,29)/t14-,19?/m1/s1. The number of hydrogen-bond acceptors (Lipinski definition) is 3. The molecule has 0 spiro atoms. The van der Waals surface area contributed by atoms with Gasteiger partial charge in [-0.1, -0.05) is 36.4 Å². The summed E-state index contributed by atoms with van der Waals surface area (Å²) in [5, 5.41) is 2.63. The normalized spacial score (nSPS) is 17.1. The molecule has 160 valence electrons. The largest absolute Gasteiger partial charge is 0.464 e. The fraction of sp³-hybridized carbons (Fsp3) is 0.364. The van der Waals surface area contributed by atoms with Crippen LogP contribution in [0.4, 0.5) is 18.0 Å². The van der Waals surface area contributed by atoms with E-state index in [1.54, 1.807) is 11.8 Å². The van der Waals surface area contributed by atoms with Crippen molar-refractivity contribution in [3.63, 3.8) is 0 Å². The Labute approximate surface area is 172 Å². The molecule has 5 nitrogen and oxygen atoms in total. The number of benzene rings is 2. The number of rotatable bonds is 4. The highest BCUT2D eigenvalue weighted by atomic mass is 19.4. The number of carbonyl (C=O) groups is 2. The average molecular weight is 420 g/mol. The molecule has 0 aliphatic carbocycles. The van der Waals surface area contributed by atoms with Crippen molar-refractivity contribution >= 4 is 12.0 Å². The molecule has 3 rings (SSSR count). The van der Waals surface area contributed by atoms with Crippen LogP contribution >= 0.6 is 0 Å². The second-order valence-electron chi connectivity index (χ2n) is 7.09. The molecule has 2 amide bonds. The van der Waals surface area contributed by atoms with E-state index >= 15 is 0 Å². The van der Waals surface area contributed by atoms with E-state index in [9.17, 15) is 22.8 Å². The second kappa shape index (κ2) is 8.77. The third-order valence-electron chi connectivity index (χ3n) is 5.08. The fourth-order valence-electron chi connectivity index (χ4n) is 3.59. The van der Waals surface area contributed by atoms with Gasteiger partial charge in [0.1, 0.15) is 6.04 Å². The molecule has 0 saturated heterocycles. The summed E-state index contributed by atoms with van der Waals surface area (Å²) in [6.45, 7) is 3.77. The maximum Gasteiger partial charge on any atom is 0.416 e. The lowest BCUT2D eigenvalue weighted by Crippen LogP contribution is -2.50. The maximum atomic E-state index is 13.0. The number of hydrogen-bond donors (Lipinski definition) is 1. The summed E-state index contributed by atoms with van der Waals surface area (Å²) in [5.74, 6) is -0.547. The van der Waals surface area contributed by atoms with E-state index < -0.39 is 35.8 Å². The van der Waals surface area contributed by atoms with Gasteiger partial charge in [-0.25, -0.2) is 9.59 Å². The Morgan fingerprint density at radius 1 is 1.17 bits per heavy atom. The van der Waals surface area contributed by atoms with Crippen molar-refractivity contribution in [1.29, 1.82) is 0 Å². The molecule has 0 radical (unpaired) electrons. The Hall–Kier alpha value is -3.03. The van der Waals surface area contributed by atoms with E-state index in [0.717, 1.165) is 23.3 Å². The minimum atomic E-state index is -4.44. The second-order valence-corrected chi connectivity index (χ2v) is 7.09. The predicted molar refractivity (Wildman–Crippen MR) is 105 cm³/mol. The van der Waals surface area contributed by atoms with Crippen molar-refractivity contribution in [3.05, 3.63) is 70.8 Å². The van der Waals surface area contributed by atoms with Gasteiger partial charge in [0.15, 0.2) is 0 Å². The van der Waals surface area contributed by atoms with E-state index in [2.05, 4.69) is 5.32 Å². The lowest BCUT2D eigenvalue weighted by molar-refractivity contribution is -0.145. The van der Waals surface area contributed by atoms with Crippen LogP contribution in [-0.4, -0.2) is 36.1 Å². The zero-order valence-corrected chi connectivity index (χ0v) is 16.7. The van der Waals surface area contributed by atoms with Gasteiger partial charge in [-0.15, -0.1) is 0 Å². The third kappa shape index (κ3) is 4.58. The van der Waals surface area contributed by atoms with Crippen LogP contribution in [0.25, 0.3) is 0 Å².